The first kappa shape index (κ1) is 11.0. The van der Waals surface area contributed by atoms with Crippen LogP contribution in [0.1, 0.15) is 5.56 Å². The van der Waals surface area contributed by atoms with Gasteiger partial charge in [-0.1, -0.05) is 0 Å². The number of rotatable bonds is 2. The Morgan fingerprint density at radius 1 is 1.56 bits per heavy atom. The molecule has 0 N–H and O–H groups in total. The van der Waals surface area contributed by atoms with Gasteiger partial charge in [-0.25, -0.2) is 9.18 Å². The summed E-state index contributed by atoms with van der Waals surface area (Å²) in [6, 6.07) is 4.11. The molecule has 1 heterocycles. The first-order valence-corrected chi connectivity index (χ1v) is 4.84. The van der Waals surface area contributed by atoms with Crippen LogP contribution in [0.15, 0.2) is 18.2 Å². The molecule has 1 unspecified atom stereocenters. The molecule has 0 saturated carbocycles. The molecule has 2 rings (SSSR count). The van der Waals surface area contributed by atoms with Crippen molar-refractivity contribution in [3.8, 4) is 5.75 Å². The second-order valence-electron chi connectivity index (χ2n) is 3.48. The molecule has 1 fully saturated rings. The van der Waals surface area contributed by atoms with Crippen molar-refractivity contribution in [2.24, 2.45) is 0 Å². The van der Waals surface area contributed by atoms with Crippen molar-refractivity contribution in [1.82, 2.24) is 0 Å². The van der Waals surface area contributed by atoms with Gasteiger partial charge in [-0.2, -0.15) is 0 Å². The minimum absolute atomic E-state index is 0.0994. The number of carbonyl (C=O) groups is 1. The van der Waals surface area contributed by atoms with Gasteiger partial charge in [-0.05, 0) is 30.7 Å². The highest BCUT2D eigenvalue weighted by atomic mass is 19.1. The first-order chi connectivity index (χ1) is 7.66. The molecule has 1 aromatic rings. The number of hydrogen-bond acceptors (Lipinski definition) is 4. The van der Waals surface area contributed by atoms with E-state index in [0.29, 0.717) is 11.3 Å². The third kappa shape index (κ3) is 2.37. The SMILES string of the molecule is Cc1cc(OC(=O)C2COCO2)ccc1F. The summed E-state index contributed by atoms with van der Waals surface area (Å²) in [6.07, 6.45) is -0.689. The lowest BCUT2D eigenvalue weighted by Gasteiger charge is -2.08. The molecular formula is C11H11FO4. The summed E-state index contributed by atoms with van der Waals surface area (Å²) in [5.41, 5.74) is 0.425. The molecule has 1 aliphatic heterocycles. The highest BCUT2D eigenvalue weighted by Gasteiger charge is 2.26. The fraction of sp³-hybridized carbons (Fsp3) is 0.364. The van der Waals surface area contributed by atoms with Crippen LogP contribution in [-0.2, 0) is 14.3 Å². The fourth-order valence-electron chi connectivity index (χ4n) is 1.33. The summed E-state index contributed by atoms with van der Waals surface area (Å²) in [7, 11) is 0. The van der Waals surface area contributed by atoms with Crippen LogP contribution < -0.4 is 4.74 Å². The van der Waals surface area contributed by atoms with E-state index in [4.69, 9.17) is 14.2 Å². The van der Waals surface area contributed by atoms with E-state index in [1.54, 1.807) is 6.92 Å². The summed E-state index contributed by atoms with van der Waals surface area (Å²) in [4.78, 5) is 11.5. The molecule has 4 nitrogen and oxygen atoms in total. The normalized spacial score (nSPS) is 19.8. The number of halogens is 1. The van der Waals surface area contributed by atoms with Gasteiger partial charge < -0.3 is 14.2 Å². The highest BCUT2D eigenvalue weighted by Crippen LogP contribution is 2.17. The largest absolute Gasteiger partial charge is 0.425 e. The molecule has 0 bridgehead atoms. The van der Waals surface area contributed by atoms with Crippen molar-refractivity contribution in [2.75, 3.05) is 13.4 Å². The summed E-state index contributed by atoms with van der Waals surface area (Å²) >= 11 is 0. The van der Waals surface area contributed by atoms with Gasteiger partial charge in [-0.3, -0.25) is 0 Å². The number of ether oxygens (including phenoxy) is 3. The average Bonchev–Trinajstić information content (AvgIpc) is 2.77. The predicted molar refractivity (Wildman–Crippen MR) is 52.5 cm³/mol. The standard InChI is InChI=1S/C11H11FO4/c1-7-4-8(2-3-9(7)12)16-11(13)10-5-14-6-15-10/h2-4,10H,5-6H2,1H3. The van der Waals surface area contributed by atoms with Gasteiger partial charge in [0, 0.05) is 0 Å². The van der Waals surface area contributed by atoms with Gasteiger partial charge in [0.1, 0.15) is 18.4 Å². The minimum atomic E-state index is -0.689. The molecule has 1 saturated heterocycles. The molecule has 0 amide bonds. The lowest BCUT2D eigenvalue weighted by Crippen LogP contribution is -2.27. The monoisotopic (exact) mass is 226 g/mol. The highest BCUT2D eigenvalue weighted by molar-refractivity contribution is 5.77. The second-order valence-corrected chi connectivity index (χ2v) is 3.48. The van der Waals surface area contributed by atoms with E-state index < -0.39 is 12.1 Å². The number of esters is 1. The van der Waals surface area contributed by atoms with E-state index in [0.717, 1.165) is 0 Å². The fourth-order valence-corrected chi connectivity index (χ4v) is 1.33. The minimum Gasteiger partial charge on any atom is -0.425 e. The lowest BCUT2D eigenvalue weighted by molar-refractivity contribution is -0.143. The lowest BCUT2D eigenvalue weighted by atomic mass is 10.2. The van der Waals surface area contributed by atoms with E-state index in [-0.39, 0.29) is 19.2 Å². The van der Waals surface area contributed by atoms with Crippen molar-refractivity contribution in [3.63, 3.8) is 0 Å². The number of benzene rings is 1. The quantitative estimate of drug-likeness (QED) is 0.565. The zero-order valence-corrected chi connectivity index (χ0v) is 8.73. The molecule has 0 radical (unpaired) electrons. The molecule has 1 aliphatic rings. The summed E-state index contributed by atoms with van der Waals surface area (Å²) in [5.74, 6) is -0.553. The molecular weight excluding hydrogens is 215 g/mol. The average molecular weight is 226 g/mol. The number of aryl methyl sites for hydroxylation is 1. The van der Waals surface area contributed by atoms with E-state index in [1.165, 1.54) is 18.2 Å². The maximum atomic E-state index is 13.0. The zero-order chi connectivity index (χ0) is 11.5. The molecule has 0 aromatic heterocycles. The first-order valence-electron chi connectivity index (χ1n) is 4.84. The van der Waals surface area contributed by atoms with Gasteiger partial charge in [-0.15, -0.1) is 0 Å². The van der Waals surface area contributed by atoms with Gasteiger partial charge in [0.05, 0.1) is 6.61 Å². The molecule has 0 aliphatic carbocycles. The molecule has 1 atom stereocenters. The summed E-state index contributed by atoms with van der Waals surface area (Å²) in [5, 5.41) is 0. The van der Waals surface area contributed by atoms with Crippen molar-refractivity contribution in [3.05, 3.63) is 29.6 Å². The number of hydrogen-bond donors (Lipinski definition) is 0. The molecule has 1 aromatic carbocycles. The van der Waals surface area contributed by atoms with Crippen molar-refractivity contribution < 1.29 is 23.4 Å². The van der Waals surface area contributed by atoms with Crippen LogP contribution in [-0.4, -0.2) is 25.5 Å². The Morgan fingerprint density at radius 3 is 3.00 bits per heavy atom. The smallest absolute Gasteiger partial charge is 0.343 e. The van der Waals surface area contributed by atoms with Crippen molar-refractivity contribution in [1.29, 1.82) is 0 Å². The second kappa shape index (κ2) is 4.59. The molecule has 5 heteroatoms. The van der Waals surface area contributed by atoms with Gasteiger partial charge in [0.15, 0.2) is 6.10 Å². The van der Waals surface area contributed by atoms with E-state index in [1.807, 2.05) is 0 Å². The van der Waals surface area contributed by atoms with Crippen LogP contribution in [0, 0.1) is 12.7 Å². The van der Waals surface area contributed by atoms with Crippen LogP contribution in [0.4, 0.5) is 4.39 Å². The van der Waals surface area contributed by atoms with E-state index in [9.17, 15) is 9.18 Å². The third-order valence-electron chi connectivity index (χ3n) is 2.23. The molecule has 86 valence electrons. The van der Waals surface area contributed by atoms with Gasteiger partial charge in [0.25, 0.3) is 0 Å². The van der Waals surface area contributed by atoms with Crippen molar-refractivity contribution >= 4 is 5.97 Å². The van der Waals surface area contributed by atoms with Crippen LogP contribution in [0.2, 0.25) is 0 Å². The molecule has 16 heavy (non-hydrogen) atoms. The summed E-state index contributed by atoms with van der Waals surface area (Å²) < 4.78 is 27.8. The Morgan fingerprint density at radius 2 is 2.38 bits per heavy atom. The predicted octanol–water partition coefficient (Wildman–Crippen LogP) is 1.41. The Balaban J connectivity index is 2.02. The van der Waals surface area contributed by atoms with Gasteiger partial charge in [0.2, 0.25) is 0 Å². The van der Waals surface area contributed by atoms with Crippen LogP contribution in [0.3, 0.4) is 0 Å². The zero-order valence-electron chi connectivity index (χ0n) is 8.73. The summed E-state index contributed by atoms with van der Waals surface area (Å²) in [6.45, 7) is 1.89. The van der Waals surface area contributed by atoms with E-state index >= 15 is 0 Å². The molecule has 0 spiro atoms. The number of carbonyl (C=O) groups excluding carboxylic acids is 1. The van der Waals surface area contributed by atoms with E-state index in [2.05, 4.69) is 0 Å². The Labute approximate surface area is 91.9 Å². The topological polar surface area (TPSA) is 44.8 Å². The van der Waals surface area contributed by atoms with Gasteiger partial charge >= 0.3 is 5.97 Å². The van der Waals surface area contributed by atoms with Crippen LogP contribution in [0.5, 0.6) is 5.75 Å². The van der Waals surface area contributed by atoms with Crippen LogP contribution in [0.25, 0.3) is 0 Å². The maximum Gasteiger partial charge on any atom is 0.343 e. The Hall–Kier alpha value is -1.46. The van der Waals surface area contributed by atoms with Crippen molar-refractivity contribution in [2.45, 2.75) is 13.0 Å². The Bertz CT molecular complexity index is 399. The maximum absolute atomic E-state index is 13.0. The third-order valence-corrected chi connectivity index (χ3v) is 2.23. The van der Waals surface area contributed by atoms with Crippen LogP contribution >= 0.6 is 0 Å². The Kier molecular flexibility index (Phi) is 3.17.